The predicted octanol–water partition coefficient (Wildman–Crippen LogP) is 1.42. The fourth-order valence-corrected chi connectivity index (χ4v) is 1.91. The van der Waals surface area contributed by atoms with Crippen molar-refractivity contribution in [2.45, 2.75) is 26.2 Å². The Morgan fingerprint density at radius 1 is 1.17 bits per heavy atom. The number of carbonyl (C=O) groups excluding carboxylic acids is 2. The van der Waals surface area contributed by atoms with Crippen LogP contribution in [0.4, 0.5) is 5.69 Å². The van der Waals surface area contributed by atoms with Crippen LogP contribution in [0.1, 0.15) is 26.2 Å². The van der Waals surface area contributed by atoms with Crippen molar-refractivity contribution in [3.05, 3.63) is 24.3 Å². The Kier molecular flexibility index (Phi) is 7.59. The Morgan fingerprint density at radius 3 is 2.39 bits per heavy atom. The molecule has 0 aromatic heterocycles. The second kappa shape index (κ2) is 9.45. The molecule has 7 nitrogen and oxygen atoms in total. The summed E-state index contributed by atoms with van der Waals surface area (Å²) in [5.41, 5.74) is 0.677. The molecule has 1 aromatic carbocycles. The maximum atomic E-state index is 12.1. The molecule has 0 unspecified atom stereocenters. The van der Waals surface area contributed by atoms with Crippen LogP contribution in [0.15, 0.2) is 24.3 Å². The molecule has 2 N–H and O–H groups in total. The van der Waals surface area contributed by atoms with Gasteiger partial charge in [0.25, 0.3) is 0 Å². The molecule has 1 aromatic rings. The lowest BCUT2D eigenvalue weighted by atomic mass is 10.2. The van der Waals surface area contributed by atoms with E-state index < -0.39 is 12.6 Å². The lowest BCUT2D eigenvalue weighted by molar-refractivity contribution is -0.139. The minimum Gasteiger partial charge on any atom is -0.482 e. The van der Waals surface area contributed by atoms with Gasteiger partial charge in [-0.15, -0.1) is 0 Å². The van der Waals surface area contributed by atoms with E-state index in [-0.39, 0.29) is 18.2 Å². The molecule has 0 aliphatic carbocycles. The first-order valence-corrected chi connectivity index (χ1v) is 7.42. The van der Waals surface area contributed by atoms with E-state index in [1.807, 2.05) is 6.92 Å². The summed E-state index contributed by atoms with van der Waals surface area (Å²) in [6, 6.07) is 6.57. The van der Waals surface area contributed by atoms with Gasteiger partial charge >= 0.3 is 5.97 Å². The number of ether oxygens (including phenoxy) is 1. The maximum Gasteiger partial charge on any atom is 0.341 e. The van der Waals surface area contributed by atoms with Gasteiger partial charge in [-0.2, -0.15) is 0 Å². The second-order valence-electron chi connectivity index (χ2n) is 4.94. The van der Waals surface area contributed by atoms with Crippen LogP contribution in [0.5, 0.6) is 5.75 Å². The molecule has 0 aliphatic rings. The van der Waals surface area contributed by atoms with Crippen LogP contribution in [0.25, 0.3) is 0 Å². The Labute approximate surface area is 135 Å². The van der Waals surface area contributed by atoms with Crippen molar-refractivity contribution in [3.63, 3.8) is 0 Å². The predicted molar refractivity (Wildman–Crippen MR) is 85.5 cm³/mol. The zero-order chi connectivity index (χ0) is 17.2. The summed E-state index contributed by atoms with van der Waals surface area (Å²) in [5.74, 6) is -0.766. The average Bonchev–Trinajstić information content (AvgIpc) is 2.52. The Balaban J connectivity index is 2.46. The largest absolute Gasteiger partial charge is 0.482 e. The van der Waals surface area contributed by atoms with Crippen molar-refractivity contribution in [3.8, 4) is 5.75 Å². The molecule has 0 radical (unpaired) electrons. The first-order chi connectivity index (χ1) is 10.9. The van der Waals surface area contributed by atoms with E-state index >= 15 is 0 Å². The second-order valence-corrected chi connectivity index (χ2v) is 4.94. The summed E-state index contributed by atoms with van der Waals surface area (Å²) in [6.45, 7) is 2.03. The van der Waals surface area contributed by atoms with E-state index in [1.54, 1.807) is 31.3 Å². The SMILES string of the molecule is CCNC(=O)CCCC(=O)N(C)c1ccc(OCC(=O)O)cc1. The summed E-state index contributed by atoms with van der Waals surface area (Å²) < 4.78 is 5.03. The van der Waals surface area contributed by atoms with E-state index in [9.17, 15) is 14.4 Å². The first kappa shape index (κ1) is 18.5. The van der Waals surface area contributed by atoms with E-state index in [2.05, 4.69) is 5.32 Å². The van der Waals surface area contributed by atoms with Crippen LogP contribution in [-0.4, -0.2) is 43.1 Å². The molecular weight excluding hydrogens is 300 g/mol. The van der Waals surface area contributed by atoms with Gasteiger partial charge in [-0.1, -0.05) is 0 Å². The van der Waals surface area contributed by atoms with Crippen molar-refractivity contribution < 1.29 is 24.2 Å². The third kappa shape index (κ3) is 6.82. The average molecular weight is 322 g/mol. The number of amides is 2. The van der Waals surface area contributed by atoms with Gasteiger partial charge in [-0.3, -0.25) is 9.59 Å². The van der Waals surface area contributed by atoms with Crippen molar-refractivity contribution in [2.75, 3.05) is 25.1 Å². The number of carboxylic acids is 1. The number of nitrogens with zero attached hydrogens (tertiary/aromatic N) is 1. The van der Waals surface area contributed by atoms with Gasteiger partial charge in [0.15, 0.2) is 6.61 Å². The highest BCUT2D eigenvalue weighted by Gasteiger charge is 2.12. The van der Waals surface area contributed by atoms with Gasteiger partial charge in [0.2, 0.25) is 11.8 Å². The number of hydrogen-bond acceptors (Lipinski definition) is 4. The molecule has 0 atom stereocenters. The van der Waals surface area contributed by atoms with Gasteiger partial charge in [0.1, 0.15) is 5.75 Å². The number of hydrogen-bond donors (Lipinski definition) is 2. The first-order valence-electron chi connectivity index (χ1n) is 7.42. The molecule has 0 spiro atoms. The summed E-state index contributed by atoms with van der Waals surface area (Å²) in [6.07, 6.45) is 1.11. The van der Waals surface area contributed by atoms with E-state index in [1.165, 1.54) is 4.90 Å². The Morgan fingerprint density at radius 2 is 1.83 bits per heavy atom. The lowest BCUT2D eigenvalue weighted by Crippen LogP contribution is -2.27. The van der Waals surface area contributed by atoms with Gasteiger partial charge in [0, 0.05) is 32.1 Å². The molecule has 126 valence electrons. The standard InChI is InChI=1S/C16H22N2O5/c1-3-17-14(19)5-4-6-15(20)18(2)12-7-9-13(10-8-12)23-11-16(21)22/h7-10H,3-6,11H2,1-2H3,(H,17,19)(H,21,22). The monoisotopic (exact) mass is 322 g/mol. The summed E-state index contributed by atoms with van der Waals surface area (Å²) in [4.78, 5) is 35.3. The summed E-state index contributed by atoms with van der Waals surface area (Å²) in [5, 5.41) is 11.2. The van der Waals surface area contributed by atoms with Crippen molar-refractivity contribution in [1.82, 2.24) is 5.32 Å². The molecule has 0 aliphatic heterocycles. The third-order valence-corrected chi connectivity index (χ3v) is 3.13. The van der Waals surface area contributed by atoms with Crippen LogP contribution >= 0.6 is 0 Å². The van der Waals surface area contributed by atoms with Crippen LogP contribution in [0.2, 0.25) is 0 Å². The quantitative estimate of drug-likeness (QED) is 0.717. The van der Waals surface area contributed by atoms with E-state index in [0.29, 0.717) is 30.8 Å². The zero-order valence-corrected chi connectivity index (χ0v) is 13.4. The number of carboxylic acid groups (broad SMARTS) is 1. The maximum absolute atomic E-state index is 12.1. The lowest BCUT2D eigenvalue weighted by Gasteiger charge is -2.17. The molecule has 0 saturated carbocycles. The summed E-state index contributed by atoms with van der Waals surface area (Å²) >= 11 is 0. The van der Waals surface area contributed by atoms with Gasteiger partial charge < -0.3 is 20.1 Å². The topological polar surface area (TPSA) is 95.9 Å². The molecule has 0 fully saturated rings. The van der Waals surface area contributed by atoms with Crippen LogP contribution in [0, 0.1) is 0 Å². The molecule has 0 heterocycles. The Hall–Kier alpha value is -2.57. The zero-order valence-electron chi connectivity index (χ0n) is 13.4. The van der Waals surface area contributed by atoms with Crippen LogP contribution < -0.4 is 15.0 Å². The van der Waals surface area contributed by atoms with Gasteiger partial charge in [0.05, 0.1) is 0 Å². The van der Waals surface area contributed by atoms with Crippen molar-refractivity contribution in [1.29, 1.82) is 0 Å². The third-order valence-electron chi connectivity index (χ3n) is 3.13. The molecule has 23 heavy (non-hydrogen) atoms. The molecule has 0 saturated heterocycles. The Bertz CT molecular complexity index is 542. The minimum absolute atomic E-state index is 0.0529. The fraction of sp³-hybridized carbons (Fsp3) is 0.438. The van der Waals surface area contributed by atoms with Gasteiger partial charge in [-0.05, 0) is 37.6 Å². The highest BCUT2D eigenvalue weighted by Crippen LogP contribution is 2.19. The highest BCUT2D eigenvalue weighted by molar-refractivity contribution is 5.93. The van der Waals surface area contributed by atoms with Crippen molar-refractivity contribution >= 4 is 23.5 Å². The van der Waals surface area contributed by atoms with Gasteiger partial charge in [-0.25, -0.2) is 4.79 Å². The minimum atomic E-state index is -1.05. The number of rotatable bonds is 9. The number of benzene rings is 1. The highest BCUT2D eigenvalue weighted by atomic mass is 16.5. The fourth-order valence-electron chi connectivity index (χ4n) is 1.91. The van der Waals surface area contributed by atoms with E-state index in [4.69, 9.17) is 9.84 Å². The normalized spacial score (nSPS) is 10.0. The smallest absolute Gasteiger partial charge is 0.341 e. The number of carbonyl (C=O) groups is 3. The van der Waals surface area contributed by atoms with Crippen LogP contribution in [-0.2, 0) is 14.4 Å². The molecule has 7 heteroatoms. The number of aliphatic carboxylic acids is 1. The molecular formula is C16H22N2O5. The van der Waals surface area contributed by atoms with Crippen LogP contribution in [0.3, 0.4) is 0 Å². The molecule has 0 bridgehead atoms. The molecule has 2 amide bonds. The number of nitrogens with one attached hydrogen (secondary N) is 1. The van der Waals surface area contributed by atoms with E-state index in [0.717, 1.165) is 0 Å². The number of anilines is 1. The molecule has 1 rings (SSSR count). The van der Waals surface area contributed by atoms with Crippen molar-refractivity contribution in [2.24, 2.45) is 0 Å². The summed E-state index contributed by atoms with van der Waals surface area (Å²) in [7, 11) is 1.65.